The van der Waals surface area contributed by atoms with E-state index >= 15 is 0 Å². The molecule has 0 fully saturated rings. The fourth-order valence-electron chi connectivity index (χ4n) is 2.33. The Morgan fingerprint density at radius 2 is 1.95 bits per heavy atom. The molecular formula is C15H13ClN2O. The van der Waals surface area contributed by atoms with Crippen LogP contribution in [0.4, 0.5) is 0 Å². The van der Waals surface area contributed by atoms with Crippen LogP contribution in [0.25, 0.3) is 0 Å². The summed E-state index contributed by atoms with van der Waals surface area (Å²) in [7, 11) is 0. The molecule has 0 aliphatic carbocycles. The Hall–Kier alpha value is -1.87. The highest BCUT2D eigenvalue weighted by atomic mass is 35.5. The van der Waals surface area contributed by atoms with Gasteiger partial charge in [-0.15, -0.1) is 0 Å². The van der Waals surface area contributed by atoms with Gasteiger partial charge in [-0.25, -0.2) is 4.98 Å². The topological polar surface area (TPSA) is 33.2 Å². The third-order valence-corrected chi connectivity index (χ3v) is 3.50. The molecule has 0 unspecified atom stereocenters. The Bertz CT molecular complexity index is 613. The summed E-state index contributed by atoms with van der Waals surface area (Å²) in [5.41, 5.74) is 2.62. The molecule has 1 aliphatic rings. The molecule has 1 aliphatic heterocycles. The van der Waals surface area contributed by atoms with Gasteiger partial charge >= 0.3 is 0 Å². The van der Waals surface area contributed by atoms with Gasteiger partial charge in [-0.3, -0.25) is 4.79 Å². The third-order valence-electron chi connectivity index (χ3n) is 3.29. The number of benzene rings is 1. The van der Waals surface area contributed by atoms with Crippen molar-refractivity contribution >= 4 is 17.5 Å². The first-order valence-corrected chi connectivity index (χ1v) is 6.60. The largest absolute Gasteiger partial charge is 0.334 e. The zero-order chi connectivity index (χ0) is 13.2. The molecule has 2 aromatic rings. The Labute approximate surface area is 116 Å². The highest BCUT2D eigenvalue weighted by Gasteiger charge is 2.25. The number of fused-ring (bicyclic) bond motifs is 1. The van der Waals surface area contributed by atoms with Gasteiger partial charge < -0.3 is 4.90 Å². The van der Waals surface area contributed by atoms with E-state index in [2.05, 4.69) is 4.98 Å². The molecule has 2 heterocycles. The minimum absolute atomic E-state index is 0.0364. The van der Waals surface area contributed by atoms with Crippen LogP contribution in [0.15, 0.2) is 42.5 Å². The SMILES string of the molecule is O=C1c2ccc(Cl)nc2CCN1Cc1ccccc1. The molecule has 3 rings (SSSR count). The van der Waals surface area contributed by atoms with Crippen LogP contribution in [-0.4, -0.2) is 22.3 Å². The highest BCUT2D eigenvalue weighted by molar-refractivity contribution is 6.29. The molecule has 0 N–H and O–H groups in total. The number of aromatic nitrogens is 1. The van der Waals surface area contributed by atoms with Crippen molar-refractivity contribution in [1.82, 2.24) is 9.88 Å². The van der Waals surface area contributed by atoms with Crippen LogP contribution in [0, 0.1) is 0 Å². The van der Waals surface area contributed by atoms with Crippen molar-refractivity contribution in [1.29, 1.82) is 0 Å². The second-order valence-corrected chi connectivity index (χ2v) is 4.98. The minimum Gasteiger partial charge on any atom is -0.334 e. The van der Waals surface area contributed by atoms with Gasteiger partial charge in [-0.05, 0) is 17.7 Å². The number of hydrogen-bond acceptors (Lipinski definition) is 2. The molecule has 0 saturated carbocycles. The van der Waals surface area contributed by atoms with E-state index in [9.17, 15) is 4.79 Å². The average molecular weight is 273 g/mol. The molecule has 0 spiro atoms. The van der Waals surface area contributed by atoms with Gasteiger partial charge in [0.25, 0.3) is 5.91 Å². The van der Waals surface area contributed by atoms with Crippen LogP contribution in [-0.2, 0) is 13.0 Å². The van der Waals surface area contributed by atoms with Gasteiger partial charge in [-0.2, -0.15) is 0 Å². The van der Waals surface area contributed by atoms with Gasteiger partial charge in [0.15, 0.2) is 0 Å². The second kappa shape index (κ2) is 5.02. The molecule has 0 bridgehead atoms. The lowest BCUT2D eigenvalue weighted by molar-refractivity contribution is 0.0725. The molecule has 1 aromatic heterocycles. The Morgan fingerprint density at radius 1 is 1.16 bits per heavy atom. The minimum atomic E-state index is 0.0364. The maximum absolute atomic E-state index is 12.4. The summed E-state index contributed by atoms with van der Waals surface area (Å²) in [5, 5.41) is 0.447. The van der Waals surface area contributed by atoms with Crippen LogP contribution in [0.5, 0.6) is 0 Å². The van der Waals surface area contributed by atoms with Gasteiger partial charge in [-0.1, -0.05) is 41.9 Å². The summed E-state index contributed by atoms with van der Waals surface area (Å²) < 4.78 is 0. The van der Waals surface area contributed by atoms with Crippen molar-refractivity contribution < 1.29 is 4.79 Å². The summed E-state index contributed by atoms with van der Waals surface area (Å²) in [5.74, 6) is 0.0364. The number of nitrogens with zero attached hydrogens (tertiary/aromatic N) is 2. The van der Waals surface area contributed by atoms with E-state index in [1.54, 1.807) is 12.1 Å². The van der Waals surface area contributed by atoms with E-state index in [0.29, 0.717) is 23.8 Å². The molecular weight excluding hydrogens is 260 g/mol. The van der Waals surface area contributed by atoms with E-state index in [4.69, 9.17) is 11.6 Å². The van der Waals surface area contributed by atoms with Gasteiger partial charge in [0, 0.05) is 19.5 Å². The van der Waals surface area contributed by atoms with E-state index in [0.717, 1.165) is 17.7 Å². The second-order valence-electron chi connectivity index (χ2n) is 4.59. The first-order valence-electron chi connectivity index (χ1n) is 6.22. The fourth-order valence-corrected chi connectivity index (χ4v) is 2.49. The average Bonchev–Trinajstić information content (AvgIpc) is 2.43. The zero-order valence-electron chi connectivity index (χ0n) is 10.3. The molecule has 4 heteroatoms. The van der Waals surface area contributed by atoms with Crippen molar-refractivity contribution in [2.24, 2.45) is 0 Å². The summed E-state index contributed by atoms with van der Waals surface area (Å²) in [6.45, 7) is 1.33. The third kappa shape index (κ3) is 2.47. The van der Waals surface area contributed by atoms with Gasteiger partial charge in [0.05, 0.1) is 11.3 Å². The van der Waals surface area contributed by atoms with E-state index < -0.39 is 0 Å². The molecule has 96 valence electrons. The fraction of sp³-hybridized carbons (Fsp3) is 0.200. The quantitative estimate of drug-likeness (QED) is 0.788. The van der Waals surface area contributed by atoms with E-state index in [-0.39, 0.29) is 5.91 Å². The first kappa shape index (κ1) is 12.2. The van der Waals surface area contributed by atoms with Crippen LogP contribution in [0.3, 0.4) is 0 Å². The summed E-state index contributed by atoms with van der Waals surface area (Å²) in [6, 6.07) is 13.4. The van der Waals surface area contributed by atoms with Crippen molar-refractivity contribution in [3.8, 4) is 0 Å². The van der Waals surface area contributed by atoms with Gasteiger partial charge in [0.2, 0.25) is 0 Å². The van der Waals surface area contributed by atoms with Crippen molar-refractivity contribution in [3.63, 3.8) is 0 Å². The number of pyridine rings is 1. The van der Waals surface area contributed by atoms with Crippen molar-refractivity contribution in [3.05, 3.63) is 64.4 Å². The van der Waals surface area contributed by atoms with Gasteiger partial charge in [0.1, 0.15) is 5.15 Å². The van der Waals surface area contributed by atoms with Crippen LogP contribution in [0.1, 0.15) is 21.6 Å². The number of halogens is 1. The summed E-state index contributed by atoms with van der Waals surface area (Å²) >= 11 is 5.85. The van der Waals surface area contributed by atoms with E-state index in [1.807, 2.05) is 35.2 Å². The van der Waals surface area contributed by atoms with Crippen molar-refractivity contribution in [2.75, 3.05) is 6.54 Å². The molecule has 19 heavy (non-hydrogen) atoms. The molecule has 1 amide bonds. The standard InChI is InChI=1S/C15H13ClN2O/c16-14-7-6-12-13(17-14)8-9-18(15(12)19)10-11-4-2-1-3-5-11/h1-7H,8-10H2. The zero-order valence-corrected chi connectivity index (χ0v) is 11.1. The lowest BCUT2D eigenvalue weighted by Gasteiger charge is -2.28. The Balaban J connectivity index is 1.84. The number of carbonyl (C=O) groups is 1. The number of carbonyl (C=O) groups excluding carboxylic acids is 1. The predicted molar refractivity (Wildman–Crippen MR) is 74.1 cm³/mol. The monoisotopic (exact) mass is 272 g/mol. The van der Waals surface area contributed by atoms with Crippen molar-refractivity contribution in [2.45, 2.75) is 13.0 Å². The first-order chi connectivity index (χ1) is 9.24. The number of hydrogen-bond donors (Lipinski definition) is 0. The lowest BCUT2D eigenvalue weighted by atomic mass is 10.0. The molecule has 1 aromatic carbocycles. The van der Waals surface area contributed by atoms with Crippen LogP contribution >= 0.6 is 11.6 Å². The normalized spacial score (nSPS) is 14.4. The summed E-state index contributed by atoms with van der Waals surface area (Å²) in [6.07, 6.45) is 0.758. The predicted octanol–water partition coefficient (Wildman–Crippen LogP) is 2.93. The molecule has 0 saturated heterocycles. The Kier molecular flexibility index (Phi) is 3.22. The maximum atomic E-state index is 12.4. The molecule has 3 nitrogen and oxygen atoms in total. The Morgan fingerprint density at radius 3 is 2.74 bits per heavy atom. The smallest absolute Gasteiger partial charge is 0.256 e. The van der Waals surface area contributed by atoms with Crippen LogP contribution < -0.4 is 0 Å². The molecule has 0 atom stereocenters. The van der Waals surface area contributed by atoms with E-state index in [1.165, 1.54) is 0 Å². The lowest BCUT2D eigenvalue weighted by Crippen LogP contribution is -2.37. The number of rotatable bonds is 2. The summed E-state index contributed by atoms with van der Waals surface area (Å²) in [4.78, 5) is 18.5. The maximum Gasteiger partial charge on any atom is 0.256 e. The van der Waals surface area contributed by atoms with Crippen LogP contribution in [0.2, 0.25) is 5.15 Å². The molecule has 0 radical (unpaired) electrons. The highest BCUT2D eigenvalue weighted by Crippen LogP contribution is 2.21. The number of amides is 1.